The van der Waals surface area contributed by atoms with Crippen molar-refractivity contribution in [3.8, 4) is 11.3 Å². The van der Waals surface area contributed by atoms with Crippen LogP contribution in [0.2, 0.25) is 0 Å². The molecule has 0 aliphatic heterocycles. The molecule has 3 aromatic rings. The van der Waals surface area contributed by atoms with E-state index in [0.717, 1.165) is 29.1 Å². The minimum Gasteiger partial charge on any atom is -0.327 e. The van der Waals surface area contributed by atoms with E-state index in [1.54, 1.807) is 11.3 Å². The van der Waals surface area contributed by atoms with Gasteiger partial charge in [0.25, 0.3) is 0 Å². The van der Waals surface area contributed by atoms with Gasteiger partial charge in [-0.1, -0.05) is 37.3 Å². The minimum absolute atomic E-state index is 0.183. The molecular weight excluding hydrogens is 254 g/mol. The number of fused-ring (bicyclic) bond motifs is 1. The van der Waals surface area contributed by atoms with Crippen molar-refractivity contribution < 1.29 is 0 Å². The molecular formula is C15H17N3S. The van der Waals surface area contributed by atoms with Gasteiger partial charge >= 0.3 is 0 Å². The van der Waals surface area contributed by atoms with Gasteiger partial charge in [-0.05, 0) is 6.42 Å². The number of nitrogens with two attached hydrogens (primary N) is 1. The van der Waals surface area contributed by atoms with Crippen LogP contribution in [0.3, 0.4) is 0 Å². The van der Waals surface area contributed by atoms with E-state index in [1.165, 1.54) is 5.69 Å². The van der Waals surface area contributed by atoms with Crippen molar-refractivity contribution in [3.63, 3.8) is 0 Å². The molecule has 98 valence electrons. The summed E-state index contributed by atoms with van der Waals surface area (Å²) in [5, 5.41) is 2.07. The second-order valence-corrected chi connectivity index (χ2v) is 5.57. The number of rotatable bonds is 4. The van der Waals surface area contributed by atoms with Crippen molar-refractivity contribution >= 4 is 16.3 Å². The molecule has 19 heavy (non-hydrogen) atoms. The Balaban J connectivity index is 2.13. The summed E-state index contributed by atoms with van der Waals surface area (Å²) in [5.41, 5.74) is 9.58. The highest BCUT2D eigenvalue weighted by molar-refractivity contribution is 7.15. The number of imidazole rings is 1. The summed E-state index contributed by atoms with van der Waals surface area (Å²) < 4.78 is 2.17. The summed E-state index contributed by atoms with van der Waals surface area (Å²) in [6.07, 6.45) is 3.92. The van der Waals surface area contributed by atoms with Crippen LogP contribution in [0.4, 0.5) is 0 Å². The minimum atomic E-state index is 0.183. The second-order valence-electron chi connectivity index (χ2n) is 4.70. The topological polar surface area (TPSA) is 43.3 Å². The lowest BCUT2D eigenvalue weighted by Gasteiger charge is -2.09. The van der Waals surface area contributed by atoms with Crippen LogP contribution >= 0.6 is 11.3 Å². The van der Waals surface area contributed by atoms with Gasteiger partial charge in [-0.15, -0.1) is 11.3 Å². The number of thiazole rings is 1. The van der Waals surface area contributed by atoms with E-state index in [9.17, 15) is 0 Å². The molecule has 0 aliphatic rings. The fraction of sp³-hybridized carbons (Fsp3) is 0.267. The van der Waals surface area contributed by atoms with Gasteiger partial charge in [-0.3, -0.25) is 4.40 Å². The van der Waals surface area contributed by atoms with Gasteiger partial charge in [0.05, 0.1) is 11.4 Å². The average Bonchev–Trinajstić information content (AvgIpc) is 3.02. The third-order valence-corrected chi connectivity index (χ3v) is 4.14. The Bertz CT molecular complexity index is 669. The van der Waals surface area contributed by atoms with Crippen LogP contribution in [0.25, 0.3) is 16.2 Å². The number of hydrogen-bond acceptors (Lipinski definition) is 3. The van der Waals surface area contributed by atoms with E-state index in [1.807, 2.05) is 18.2 Å². The van der Waals surface area contributed by atoms with Crippen LogP contribution in [-0.4, -0.2) is 15.4 Å². The Morgan fingerprint density at radius 1 is 1.32 bits per heavy atom. The molecule has 2 heterocycles. The predicted octanol–water partition coefficient (Wildman–Crippen LogP) is 3.34. The van der Waals surface area contributed by atoms with E-state index >= 15 is 0 Å². The highest BCUT2D eigenvalue weighted by Crippen LogP contribution is 2.27. The van der Waals surface area contributed by atoms with Gasteiger partial charge in [0.2, 0.25) is 0 Å². The molecule has 1 atom stereocenters. The SMILES string of the molecule is CCC(N)Cc1c(-c2ccccc2)nc2sccn12. The highest BCUT2D eigenvalue weighted by atomic mass is 32.1. The second kappa shape index (κ2) is 5.15. The monoisotopic (exact) mass is 271 g/mol. The van der Waals surface area contributed by atoms with Crippen LogP contribution in [-0.2, 0) is 6.42 Å². The number of hydrogen-bond donors (Lipinski definition) is 1. The molecule has 0 bridgehead atoms. The molecule has 0 saturated heterocycles. The van der Waals surface area contributed by atoms with Gasteiger partial charge in [-0.25, -0.2) is 4.98 Å². The maximum atomic E-state index is 6.13. The van der Waals surface area contributed by atoms with E-state index in [4.69, 9.17) is 10.7 Å². The van der Waals surface area contributed by atoms with Crippen molar-refractivity contribution in [1.82, 2.24) is 9.38 Å². The first-order valence-corrected chi connectivity index (χ1v) is 7.43. The maximum absolute atomic E-state index is 6.13. The zero-order chi connectivity index (χ0) is 13.2. The summed E-state index contributed by atoms with van der Waals surface area (Å²) in [7, 11) is 0. The van der Waals surface area contributed by atoms with Gasteiger partial charge in [0.15, 0.2) is 4.96 Å². The molecule has 2 N–H and O–H groups in total. The zero-order valence-electron chi connectivity index (χ0n) is 10.9. The standard InChI is InChI=1S/C15H17N3S/c1-2-12(16)10-13-14(11-6-4-3-5-7-11)17-15-18(13)8-9-19-15/h3-9,12H,2,10,16H2,1H3. The molecule has 3 nitrogen and oxygen atoms in total. The predicted molar refractivity (Wildman–Crippen MR) is 80.5 cm³/mol. The van der Waals surface area contributed by atoms with Crippen LogP contribution in [0.1, 0.15) is 19.0 Å². The molecule has 3 rings (SSSR count). The maximum Gasteiger partial charge on any atom is 0.194 e. The van der Waals surface area contributed by atoms with Gasteiger partial charge < -0.3 is 5.73 Å². The lowest BCUT2D eigenvalue weighted by atomic mass is 10.0. The zero-order valence-corrected chi connectivity index (χ0v) is 11.7. The molecule has 0 spiro atoms. The van der Waals surface area contributed by atoms with Crippen molar-refractivity contribution in [2.45, 2.75) is 25.8 Å². The molecule has 0 saturated carbocycles. The smallest absolute Gasteiger partial charge is 0.194 e. The first kappa shape index (κ1) is 12.4. The van der Waals surface area contributed by atoms with E-state index in [0.29, 0.717) is 0 Å². The van der Waals surface area contributed by atoms with Gasteiger partial charge in [0.1, 0.15) is 0 Å². The van der Waals surface area contributed by atoms with Crippen molar-refractivity contribution in [1.29, 1.82) is 0 Å². The molecule has 2 aromatic heterocycles. The Morgan fingerprint density at radius 3 is 2.84 bits per heavy atom. The molecule has 4 heteroatoms. The normalized spacial score (nSPS) is 12.9. The Kier molecular flexibility index (Phi) is 3.36. The number of benzene rings is 1. The molecule has 0 amide bonds. The first-order valence-electron chi connectivity index (χ1n) is 6.55. The summed E-state index contributed by atoms with van der Waals surface area (Å²) in [5.74, 6) is 0. The van der Waals surface area contributed by atoms with Gasteiger partial charge in [0, 0.05) is 29.6 Å². The van der Waals surface area contributed by atoms with E-state index < -0.39 is 0 Å². The molecule has 0 fully saturated rings. The summed E-state index contributed by atoms with van der Waals surface area (Å²) in [6.45, 7) is 2.12. The first-order chi connectivity index (χ1) is 9.29. The number of aromatic nitrogens is 2. The lowest BCUT2D eigenvalue weighted by Crippen LogP contribution is -2.22. The van der Waals surface area contributed by atoms with Crippen molar-refractivity contribution in [3.05, 3.63) is 47.6 Å². The quantitative estimate of drug-likeness (QED) is 0.791. The molecule has 1 unspecified atom stereocenters. The van der Waals surface area contributed by atoms with E-state index in [-0.39, 0.29) is 6.04 Å². The summed E-state index contributed by atoms with van der Waals surface area (Å²) in [6, 6.07) is 10.5. The third-order valence-electron chi connectivity index (χ3n) is 3.39. The third kappa shape index (κ3) is 2.29. The Hall–Kier alpha value is -1.65. The summed E-state index contributed by atoms with van der Waals surface area (Å²) in [4.78, 5) is 5.80. The molecule has 0 aliphatic carbocycles. The van der Waals surface area contributed by atoms with Crippen molar-refractivity contribution in [2.24, 2.45) is 5.73 Å². The fourth-order valence-corrected chi connectivity index (χ4v) is 2.98. The molecule has 0 radical (unpaired) electrons. The van der Waals surface area contributed by atoms with Crippen LogP contribution in [0, 0.1) is 0 Å². The Labute approximate surface area is 116 Å². The number of nitrogens with zero attached hydrogens (tertiary/aromatic N) is 2. The Morgan fingerprint density at radius 2 is 2.11 bits per heavy atom. The van der Waals surface area contributed by atoms with Crippen LogP contribution < -0.4 is 5.73 Å². The summed E-state index contributed by atoms with van der Waals surface area (Å²) >= 11 is 1.66. The van der Waals surface area contributed by atoms with Crippen LogP contribution in [0.5, 0.6) is 0 Å². The van der Waals surface area contributed by atoms with Crippen molar-refractivity contribution in [2.75, 3.05) is 0 Å². The molecule has 1 aromatic carbocycles. The average molecular weight is 271 g/mol. The largest absolute Gasteiger partial charge is 0.327 e. The lowest BCUT2D eigenvalue weighted by molar-refractivity contribution is 0.635. The van der Waals surface area contributed by atoms with E-state index in [2.05, 4.69) is 35.0 Å². The highest BCUT2D eigenvalue weighted by Gasteiger charge is 2.16. The van der Waals surface area contributed by atoms with Gasteiger partial charge in [-0.2, -0.15) is 0 Å². The van der Waals surface area contributed by atoms with Crippen LogP contribution in [0.15, 0.2) is 41.9 Å². The fourth-order valence-electron chi connectivity index (χ4n) is 2.25.